The van der Waals surface area contributed by atoms with Crippen molar-refractivity contribution in [3.8, 4) is 11.3 Å². The predicted octanol–water partition coefficient (Wildman–Crippen LogP) is 2.96. The summed E-state index contributed by atoms with van der Waals surface area (Å²) < 4.78 is 7.39. The van der Waals surface area contributed by atoms with E-state index in [-0.39, 0.29) is 6.09 Å². The molecule has 6 nitrogen and oxygen atoms in total. The van der Waals surface area contributed by atoms with Gasteiger partial charge in [0.25, 0.3) is 0 Å². The Hall–Kier alpha value is -2.50. The number of carbonyl (C=O) groups excluding carboxylic acids is 1. The van der Waals surface area contributed by atoms with E-state index in [2.05, 4.69) is 4.98 Å². The number of rotatable bonds is 1. The van der Waals surface area contributed by atoms with Crippen LogP contribution >= 0.6 is 0 Å². The summed E-state index contributed by atoms with van der Waals surface area (Å²) in [6.07, 6.45) is 4.20. The summed E-state index contributed by atoms with van der Waals surface area (Å²) in [5.74, 6) is 0. The second-order valence-corrected chi connectivity index (χ2v) is 7.24. The summed E-state index contributed by atoms with van der Waals surface area (Å²) in [6, 6.07) is 3.88. The Balaban J connectivity index is 1.90. The number of imidazole rings is 1. The minimum Gasteiger partial charge on any atom is -0.444 e. The van der Waals surface area contributed by atoms with E-state index in [9.17, 15) is 4.79 Å². The molecule has 0 bridgehead atoms. The molecule has 0 saturated carbocycles. The smallest absolute Gasteiger partial charge is 0.410 e. The van der Waals surface area contributed by atoms with Gasteiger partial charge < -0.3 is 19.9 Å². The summed E-state index contributed by atoms with van der Waals surface area (Å²) in [7, 11) is 1.94. The number of aryl methyl sites for hydroxylation is 1. The van der Waals surface area contributed by atoms with Gasteiger partial charge in [-0.2, -0.15) is 0 Å². The maximum absolute atomic E-state index is 12.3. The maximum atomic E-state index is 12.3. The largest absolute Gasteiger partial charge is 0.444 e. The number of benzene rings is 1. The molecule has 0 saturated heterocycles. The van der Waals surface area contributed by atoms with E-state index in [0.29, 0.717) is 13.1 Å². The number of nitrogens with zero attached hydrogens (tertiary/aromatic N) is 3. The van der Waals surface area contributed by atoms with Crippen molar-refractivity contribution in [1.82, 2.24) is 14.5 Å². The van der Waals surface area contributed by atoms with Crippen LogP contribution in [0.25, 0.3) is 11.3 Å². The van der Waals surface area contributed by atoms with Crippen LogP contribution in [0.15, 0.2) is 24.7 Å². The molecular weight excluding hydrogens is 304 g/mol. The minimum atomic E-state index is -0.488. The van der Waals surface area contributed by atoms with Crippen LogP contribution in [0.5, 0.6) is 0 Å². The van der Waals surface area contributed by atoms with Crippen molar-refractivity contribution in [3.05, 3.63) is 35.8 Å². The van der Waals surface area contributed by atoms with Gasteiger partial charge in [-0.3, -0.25) is 0 Å². The fraction of sp³-hybridized carbons (Fsp3) is 0.444. The van der Waals surface area contributed by atoms with Crippen LogP contribution in [0.2, 0.25) is 0 Å². The van der Waals surface area contributed by atoms with Crippen molar-refractivity contribution in [1.29, 1.82) is 0 Å². The van der Waals surface area contributed by atoms with Crippen molar-refractivity contribution >= 4 is 11.8 Å². The molecule has 24 heavy (non-hydrogen) atoms. The number of anilines is 1. The number of aromatic nitrogens is 2. The zero-order valence-corrected chi connectivity index (χ0v) is 14.7. The standard InChI is InChI=1S/C18H24N4O2/c1-18(2,3)24-17(23)22-8-7-13-12(9-22)5-6-14(19)16(13)15-10-21(4)11-20-15/h5-6,10-11H,7-9,19H2,1-4H3. The number of amides is 1. The average molecular weight is 328 g/mol. The molecule has 1 aliphatic rings. The molecule has 2 aromatic rings. The number of carbonyl (C=O) groups is 1. The molecule has 128 valence electrons. The number of ether oxygens (including phenoxy) is 1. The van der Waals surface area contributed by atoms with E-state index in [4.69, 9.17) is 10.5 Å². The van der Waals surface area contributed by atoms with Crippen LogP contribution in [0.4, 0.5) is 10.5 Å². The summed E-state index contributed by atoms with van der Waals surface area (Å²) in [6.45, 7) is 6.78. The Labute approximate surface area is 142 Å². The molecule has 0 unspecified atom stereocenters. The minimum absolute atomic E-state index is 0.274. The lowest BCUT2D eigenvalue weighted by Gasteiger charge is -2.32. The normalized spacial score (nSPS) is 14.4. The number of nitrogens with two attached hydrogens (primary N) is 1. The molecule has 1 amide bonds. The molecule has 1 aliphatic heterocycles. The fourth-order valence-electron chi connectivity index (χ4n) is 3.00. The zero-order valence-electron chi connectivity index (χ0n) is 14.7. The molecule has 0 radical (unpaired) electrons. The molecule has 2 heterocycles. The predicted molar refractivity (Wildman–Crippen MR) is 93.4 cm³/mol. The Morgan fingerprint density at radius 1 is 1.33 bits per heavy atom. The molecule has 6 heteroatoms. The third-order valence-electron chi connectivity index (χ3n) is 4.05. The first kappa shape index (κ1) is 16.4. The third kappa shape index (κ3) is 3.22. The molecule has 1 aromatic heterocycles. The number of hydrogen-bond acceptors (Lipinski definition) is 4. The van der Waals surface area contributed by atoms with Crippen molar-refractivity contribution in [2.75, 3.05) is 12.3 Å². The van der Waals surface area contributed by atoms with Gasteiger partial charge in [0, 0.05) is 37.6 Å². The van der Waals surface area contributed by atoms with E-state index >= 15 is 0 Å². The lowest BCUT2D eigenvalue weighted by molar-refractivity contribution is 0.0224. The van der Waals surface area contributed by atoms with E-state index in [1.165, 1.54) is 5.56 Å². The topological polar surface area (TPSA) is 73.4 Å². The Morgan fingerprint density at radius 2 is 2.08 bits per heavy atom. The molecule has 2 N–H and O–H groups in total. The van der Waals surface area contributed by atoms with E-state index in [1.54, 1.807) is 11.2 Å². The Bertz CT molecular complexity index is 774. The first-order valence-electron chi connectivity index (χ1n) is 8.11. The molecule has 0 fully saturated rings. The van der Waals surface area contributed by atoms with Crippen molar-refractivity contribution < 1.29 is 9.53 Å². The monoisotopic (exact) mass is 328 g/mol. The first-order chi connectivity index (χ1) is 11.2. The van der Waals surface area contributed by atoms with Crippen LogP contribution < -0.4 is 5.73 Å². The van der Waals surface area contributed by atoms with Crippen molar-refractivity contribution in [3.63, 3.8) is 0 Å². The number of nitrogen functional groups attached to an aromatic ring is 1. The highest BCUT2D eigenvalue weighted by atomic mass is 16.6. The molecular formula is C18H24N4O2. The quantitative estimate of drug-likeness (QED) is 0.817. The second kappa shape index (κ2) is 5.85. The molecule has 0 atom stereocenters. The second-order valence-electron chi connectivity index (χ2n) is 7.24. The van der Waals surface area contributed by atoms with Gasteiger partial charge in [0.1, 0.15) is 5.60 Å². The molecule has 0 aliphatic carbocycles. The highest BCUT2D eigenvalue weighted by Crippen LogP contribution is 2.34. The zero-order chi connectivity index (χ0) is 17.5. The van der Waals surface area contributed by atoms with Gasteiger partial charge in [0.2, 0.25) is 0 Å². The number of hydrogen-bond donors (Lipinski definition) is 1. The fourth-order valence-corrected chi connectivity index (χ4v) is 3.00. The maximum Gasteiger partial charge on any atom is 0.410 e. The van der Waals surface area contributed by atoms with Gasteiger partial charge >= 0.3 is 6.09 Å². The molecule has 1 aromatic carbocycles. The highest BCUT2D eigenvalue weighted by Gasteiger charge is 2.27. The highest BCUT2D eigenvalue weighted by molar-refractivity contribution is 5.79. The molecule has 3 rings (SSSR count). The first-order valence-corrected chi connectivity index (χ1v) is 8.11. The van der Waals surface area contributed by atoms with Crippen molar-refractivity contribution in [2.24, 2.45) is 7.05 Å². The van der Waals surface area contributed by atoms with Crippen LogP contribution in [0.3, 0.4) is 0 Å². The van der Waals surface area contributed by atoms with E-state index in [0.717, 1.165) is 28.9 Å². The van der Waals surface area contributed by atoms with Crippen LogP contribution in [0, 0.1) is 0 Å². The van der Waals surface area contributed by atoms with Crippen LogP contribution in [0.1, 0.15) is 31.9 Å². The third-order valence-corrected chi connectivity index (χ3v) is 4.05. The Kier molecular flexibility index (Phi) is 3.99. The van der Waals surface area contributed by atoms with Gasteiger partial charge in [0.05, 0.1) is 12.0 Å². The van der Waals surface area contributed by atoms with Crippen molar-refractivity contribution in [2.45, 2.75) is 39.3 Å². The lowest BCUT2D eigenvalue weighted by atomic mass is 9.92. The van der Waals surface area contributed by atoms with Crippen LogP contribution in [-0.4, -0.2) is 32.7 Å². The summed E-state index contributed by atoms with van der Waals surface area (Å²) >= 11 is 0. The number of fused-ring (bicyclic) bond motifs is 1. The van der Waals surface area contributed by atoms with E-state index < -0.39 is 5.60 Å². The Morgan fingerprint density at radius 3 is 2.71 bits per heavy atom. The van der Waals surface area contributed by atoms with Gasteiger partial charge in [-0.25, -0.2) is 9.78 Å². The van der Waals surface area contributed by atoms with Gasteiger partial charge in [0.15, 0.2) is 0 Å². The molecule has 0 spiro atoms. The average Bonchev–Trinajstić information content (AvgIpc) is 2.91. The van der Waals surface area contributed by atoms with E-state index in [1.807, 2.05) is 50.7 Å². The summed E-state index contributed by atoms with van der Waals surface area (Å²) in [4.78, 5) is 18.5. The summed E-state index contributed by atoms with van der Waals surface area (Å²) in [5, 5.41) is 0. The summed E-state index contributed by atoms with van der Waals surface area (Å²) in [5.41, 5.74) is 10.6. The van der Waals surface area contributed by atoms with Gasteiger partial charge in [-0.05, 0) is 44.4 Å². The van der Waals surface area contributed by atoms with Gasteiger partial charge in [-0.1, -0.05) is 6.07 Å². The van der Waals surface area contributed by atoms with Crippen LogP contribution in [-0.2, 0) is 24.8 Å². The SMILES string of the molecule is Cn1cnc(-c2c(N)ccc3c2CCN(C(=O)OC(C)(C)C)C3)c1. The lowest BCUT2D eigenvalue weighted by Crippen LogP contribution is -2.40. The van der Waals surface area contributed by atoms with Gasteiger partial charge in [-0.15, -0.1) is 0 Å².